The highest BCUT2D eigenvalue weighted by Gasteiger charge is 2.25. The summed E-state index contributed by atoms with van der Waals surface area (Å²) in [6.07, 6.45) is 1.88. The Kier molecular flexibility index (Phi) is 5.42. The summed E-state index contributed by atoms with van der Waals surface area (Å²) in [6, 6.07) is 1.80. The average Bonchev–Trinajstić information content (AvgIpc) is 2.08. The van der Waals surface area contributed by atoms with Gasteiger partial charge in [0.2, 0.25) is 0 Å². The van der Waals surface area contributed by atoms with Gasteiger partial charge < -0.3 is 5.32 Å². The molecule has 0 spiro atoms. The molecule has 4 heteroatoms. The summed E-state index contributed by atoms with van der Waals surface area (Å²) in [4.78, 5) is 8.88. The molecule has 0 radical (unpaired) electrons. The number of nitrogens with one attached hydrogen (secondary N) is 1. The van der Waals surface area contributed by atoms with Crippen LogP contribution in [-0.4, -0.2) is 15.5 Å². The first-order chi connectivity index (χ1) is 8.97. The molecule has 0 aromatic carbocycles. The van der Waals surface area contributed by atoms with E-state index in [2.05, 4.69) is 63.8 Å². The number of rotatable bonds is 5. The lowest BCUT2D eigenvalue weighted by Crippen LogP contribution is -2.35. The van der Waals surface area contributed by atoms with Crippen LogP contribution in [0.1, 0.15) is 60.7 Å². The van der Waals surface area contributed by atoms with Crippen LogP contribution in [0.5, 0.6) is 0 Å². The molecule has 0 unspecified atom stereocenters. The Morgan fingerprint density at radius 1 is 1.15 bits per heavy atom. The number of hydrogen-bond donors (Lipinski definition) is 1. The fourth-order valence-electron chi connectivity index (χ4n) is 2.70. The zero-order valence-electron chi connectivity index (χ0n) is 13.8. The van der Waals surface area contributed by atoms with Crippen LogP contribution >= 0.6 is 11.6 Å². The van der Waals surface area contributed by atoms with Crippen LogP contribution < -0.4 is 5.32 Å². The van der Waals surface area contributed by atoms with Crippen molar-refractivity contribution < 1.29 is 0 Å². The largest absolute Gasteiger partial charge is 0.365 e. The first-order valence-corrected chi connectivity index (χ1v) is 7.66. The normalized spacial score (nSPS) is 12.8. The molecule has 3 nitrogen and oxygen atoms in total. The minimum atomic E-state index is -0.0367. The summed E-state index contributed by atoms with van der Waals surface area (Å²) in [5.41, 5.74) is 0.221. The Labute approximate surface area is 128 Å². The lowest BCUT2D eigenvalue weighted by molar-refractivity contribution is 0.302. The van der Waals surface area contributed by atoms with E-state index in [4.69, 9.17) is 11.6 Å². The van der Waals surface area contributed by atoms with E-state index in [1.807, 2.05) is 0 Å². The Balaban J connectivity index is 2.88. The van der Waals surface area contributed by atoms with Crippen LogP contribution in [0.2, 0.25) is 5.15 Å². The SMILES string of the molecule is CC(C)Cc1nc(Cl)cc(NC(C)(C)CC(C)(C)C)n1. The Morgan fingerprint density at radius 2 is 1.75 bits per heavy atom. The van der Waals surface area contributed by atoms with Crippen molar-refractivity contribution in [1.29, 1.82) is 0 Å². The molecule has 1 aromatic rings. The van der Waals surface area contributed by atoms with Crippen molar-refractivity contribution in [2.75, 3.05) is 5.32 Å². The van der Waals surface area contributed by atoms with Gasteiger partial charge in [0.05, 0.1) is 0 Å². The van der Waals surface area contributed by atoms with Gasteiger partial charge in [-0.3, -0.25) is 0 Å². The fraction of sp³-hybridized carbons (Fsp3) is 0.750. The van der Waals surface area contributed by atoms with E-state index in [1.165, 1.54) is 0 Å². The van der Waals surface area contributed by atoms with Crippen LogP contribution in [-0.2, 0) is 6.42 Å². The van der Waals surface area contributed by atoms with E-state index >= 15 is 0 Å². The lowest BCUT2D eigenvalue weighted by atomic mass is 9.82. The van der Waals surface area contributed by atoms with Gasteiger partial charge in [-0.25, -0.2) is 9.97 Å². The van der Waals surface area contributed by atoms with Crippen LogP contribution in [0.25, 0.3) is 0 Å². The van der Waals surface area contributed by atoms with Crippen molar-refractivity contribution in [1.82, 2.24) is 9.97 Å². The topological polar surface area (TPSA) is 37.8 Å². The van der Waals surface area contributed by atoms with Crippen molar-refractivity contribution in [2.45, 2.75) is 66.8 Å². The molecule has 0 aliphatic rings. The van der Waals surface area contributed by atoms with E-state index in [0.29, 0.717) is 11.1 Å². The number of aromatic nitrogens is 2. The number of anilines is 1. The monoisotopic (exact) mass is 297 g/mol. The molecule has 1 N–H and O–H groups in total. The summed E-state index contributed by atoms with van der Waals surface area (Å²) < 4.78 is 0. The maximum absolute atomic E-state index is 6.10. The van der Waals surface area contributed by atoms with Crippen molar-refractivity contribution in [3.63, 3.8) is 0 Å². The third kappa shape index (κ3) is 6.56. The molecule has 114 valence electrons. The first kappa shape index (κ1) is 17.2. The van der Waals surface area contributed by atoms with E-state index in [9.17, 15) is 0 Å². The van der Waals surface area contributed by atoms with E-state index in [1.54, 1.807) is 6.07 Å². The molecule has 0 fully saturated rings. The van der Waals surface area contributed by atoms with Gasteiger partial charge >= 0.3 is 0 Å². The third-order valence-corrected chi connectivity index (χ3v) is 2.96. The highest BCUT2D eigenvalue weighted by molar-refractivity contribution is 6.29. The second-order valence-corrected chi connectivity index (χ2v) is 8.22. The summed E-state index contributed by atoms with van der Waals surface area (Å²) in [5.74, 6) is 2.14. The Hall–Kier alpha value is -0.830. The molecular formula is C16H28ClN3. The molecule has 0 aliphatic heterocycles. The molecule has 0 saturated heterocycles. The molecule has 1 aromatic heterocycles. The van der Waals surface area contributed by atoms with Crippen LogP contribution in [0.4, 0.5) is 5.82 Å². The minimum Gasteiger partial charge on any atom is -0.365 e. The smallest absolute Gasteiger partial charge is 0.134 e. The highest BCUT2D eigenvalue weighted by Crippen LogP contribution is 2.29. The van der Waals surface area contributed by atoms with Gasteiger partial charge in [0.15, 0.2) is 0 Å². The zero-order chi connectivity index (χ0) is 15.6. The molecule has 0 saturated carbocycles. The van der Waals surface area contributed by atoms with Gasteiger partial charge in [-0.1, -0.05) is 46.2 Å². The fourth-order valence-corrected chi connectivity index (χ4v) is 2.90. The third-order valence-electron chi connectivity index (χ3n) is 2.77. The average molecular weight is 298 g/mol. The van der Waals surface area contributed by atoms with Crippen molar-refractivity contribution in [3.8, 4) is 0 Å². The molecule has 20 heavy (non-hydrogen) atoms. The molecule has 0 bridgehead atoms. The van der Waals surface area contributed by atoms with Crippen molar-refractivity contribution in [2.24, 2.45) is 11.3 Å². The number of hydrogen-bond acceptors (Lipinski definition) is 3. The van der Waals surface area contributed by atoms with E-state index in [0.717, 1.165) is 24.5 Å². The summed E-state index contributed by atoms with van der Waals surface area (Å²) in [7, 11) is 0. The molecule has 1 rings (SSSR count). The summed E-state index contributed by atoms with van der Waals surface area (Å²) >= 11 is 6.10. The van der Waals surface area contributed by atoms with E-state index < -0.39 is 0 Å². The quantitative estimate of drug-likeness (QED) is 0.781. The van der Waals surface area contributed by atoms with Gasteiger partial charge in [-0.15, -0.1) is 0 Å². The zero-order valence-corrected chi connectivity index (χ0v) is 14.6. The number of nitrogens with zero attached hydrogens (tertiary/aromatic N) is 2. The van der Waals surface area contributed by atoms with Crippen molar-refractivity contribution in [3.05, 3.63) is 17.0 Å². The Morgan fingerprint density at radius 3 is 2.25 bits per heavy atom. The lowest BCUT2D eigenvalue weighted by Gasteiger charge is -2.33. The van der Waals surface area contributed by atoms with E-state index in [-0.39, 0.29) is 11.0 Å². The summed E-state index contributed by atoms with van der Waals surface area (Å²) in [6.45, 7) is 15.4. The maximum Gasteiger partial charge on any atom is 0.134 e. The van der Waals surface area contributed by atoms with Crippen LogP contribution in [0, 0.1) is 11.3 Å². The minimum absolute atomic E-state index is 0.0367. The molecule has 1 heterocycles. The molecule has 0 aliphatic carbocycles. The second-order valence-electron chi connectivity index (χ2n) is 7.84. The van der Waals surface area contributed by atoms with Gasteiger partial charge in [0.1, 0.15) is 16.8 Å². The second kappa shape index (κ2) is 6.30. The van der Waals surface area contributed by atoms with Gasteiger partial charge in [-0.05, 0) is 31.6 Å². The standard InChI is InChI=1S/C16H28ClN3/c1-11(2)8-13-18-12(17)9-14(19-13)20-16(6,7)10-15(3,4)5/h9,11H,8,10H2,1-7H3,(H,18,19,20). The molecular weight excluding hydrogens is 270 g/mol. The highest BCUT2D eigenvalue weighted by atomic mass is 35.5. The first-order valence-electron chi connectivity index (χ1n) is 7.28. The number of halogens is 1. The van der Waals surface area contributed by atoms with Crippen LogP contribution in [0.15, 0.2) is 6.07 Å². The molecule has 0 atom stereocenters. The van der Waals surface area contributed by atoms with Crippen LogP contribution in [0.3, 0.4) is 0 Å². The van der Waals surface area contributed by atoms with Crippen molar-refractivity contribution >= 4 is 17.4 Å². The maximum atomic E-state index is 6.10. The van der Waals surface area contributed by atoms with Gasteiger partial charge in [0.25, 0.3) is 0 Å². The Bertz CT molecular complexity index is 448. The van der Waals surface area contributed by atoms with Gasteiger partial charge in [-0.2, -0.15) is 0 Å². The summed E-state index contributed by atoms with van der Waals surface area (Å²) in [5, 5.41) is 4.00. The predicted octanol–water partition coefficient (Wildman–Crippen LogP) is 4.96. The molecule has 0 amide bonds. The van der Waals surface area contributed by atoms with Gasteiger partial charge in [0, 0.05) is 18.0 Å². The predicted molar refractivity (Wildman–Crippen MR) is 87.4 cm³/mol.